The van der Waals surface area contributed by atoms with Crippen LogP contribution in [0.25, 0.3) is 5.82 Å². The van der Waals surface area contributed by atoms with Crippen LogP contribution in [0.4, 0.5) is 13.2 Å². The molecule has 10 heteroatoms. The van der Waals surface area contributed by atoms with Gasteiger partial charge in [-0.3, -0.25) is 4.98 Å². The van der Waals surface area contributed by atoms with Crippen molar-refractivity contribution < 1.29 is 23.1 Å². The van der Waals surface area contributed by atoms with E-state index >= 15 is 0 Å². The van der Waals surface area contributed by atoms with Gasteiger partial charge in [0.1, 0.15) is 10.7 Å². The highest BCUT2D eigenvalue weighted by molar-refractivity contribution is 6.32. The van der Waals surface area contributed by atoms with E-state index in [9.17, 15) is 18.0 Å². The van der Waals surface area contributed by atoms with Crippen molar-refractivity contribution in [2.75, 3.05) is 0 Å². The Labute approximate surface area is 108 Å². The van der Waals surface area contributed by atoms with Gasteiger partial charge in [0.05, 0.1) is 6.20 Å². The molecule has 0 bridgehead atoms. The zero-order chi connectivity index (χ0) is 14.2. The lowest BCUT2D eigenvalue weighted by atomic mass is 10.2. The number of hydrogen-bond donors (Lipinski definition) is 1. The second-order valence-corrected chi connectivity index (χ2v) is 3.65. The third kappa shape index (κ3) is 2.36. The maximum atomic E-state index is 12.7. The van der Waals surface area contributed by atoms with Gasteiger partial charge in [-0.1, -0.05) is 11.6 Å². The van der Waals surface area contributed by atoms with Gasteiger partial charge in [-0.15, -0.1) is 0 Å². The summed E-state index contributed by atoms with van der Waals surface area (Å²) in [4.78, 5) is 18.2. The molecular weight excluding hydrogens is 289 g/mol. The molecule has 2 rings (SSSR count). The van der Waals surface area contributed by atoms with Crippen molar-refractivity contribution in [1.29, 1.82) is 0 Å². The van der Waals surface area contributed by atoms with Crippen molar-refractivity contribution in [2.24, 2.45) is 0 Å². The zero-order valence-corrected chi connectivity index (χ0v) is 9.64. The molecule has 0 radical (unpaired) electrons. The van der Waals surface area contributed by atoms with E-state index in [2.05, 4.69) is 15.1 Å². The molecule has 0 aliphatic rings. The van der Waals surface area contributed by atoms with E-state index in [1.54, 1.807) is 0 Å². The molecule has 0 fully saturated rings. The molecule has 1 N–H and O–H groups in total. The Hall–Kier alpha value is -2.16. The standard InChI is InChI=1S/C9H4ClF3N4O2/c10-7-5(8(18)19)6(9(11,12)13)16-17(7)4-3-14-1-2-15-4/h1-3H,(H,18,19). The molecule has 0 aliphatic carbocycles. The van der Waals surface area contributed by atoms with Gasteiger partial charge in [0.2, 0.25) is 0 Å². The molecule has 6 nitrogen and oxygen atoms in total. The molecule has 0 unspecified atom stereocenters. The van der Waals surface area contributed by atoms with E-state index in [1.807, 2.05) is 0 Å². The van der Waals surface area contributed by atoms with Gasteiger partial charge in [0, 0.05) is 12.4 Å². The minimum atomic E-state index is -4.94. The lowest BCUT2D eigenvalue weighted by Crippen LogP contribution is -2.12. The van der Waals surface area contributed by atoms with Crippen molar-refractivity contribution in [3.8, 4) is 5.82 Å². The number of hydrogen-bond acceptors (Lipinski definition) is 4. The van der Waals surface area contributed by atoms with E-state index < -0.39 is 28.6 Å². The topological polar surface area (TPSA) is 80.9 Å². The Morgan fingerprint density at radius 2 is 2.05 bits per heavy atom. The van der Waals surface area contributed by atoms with E-state index in [0.717, 1.165) is 6.20 Å². The summed E-state index contributed by atoms with van der Waals surface area (Å²) in [5, 5.41) is 11.3. The normalized spacial score (nSPS) is 11.6. The number of rotatable bonds is 2. The Morgan fingerprint density at radius 3 is 2.47 bits per heavy atom. The minimum Gasteiger partial charge on any atom is -0.478 e. The third-order valence-corrected chi connectivity index (χ3v) is 2.43. The fourth-order valence-electron chi connectivity index (χ4n) is 1.34. The van der Waals surface area contributed by atoms with Gasteiger partial charge < -0.3 is 5.11 Å². The van der Waals surface area contributed by atoms with E-state index in [0.29, 0.717) is 4.68 Å². The minimum absolute atomic E-state index is 0.120. The first-order chi connectivity index (χ1) is 8.82. The van der Waals surface area contributed by atoms with Crippen LogP contribution in [-0.2, 0) is 6.18 Å². The number of carboxylic acid groups (broad SMARTS) is 1. The molecule has 2 heterocycles. The first-order valence-electron chi connectivity index (χ1n) is 4.67. The van der Waals surface area contributed by atoms with Crippen LogP contribution in [-0.4, -0.2) is 30.8 Å². The van der Waals surface area contributed by atoms with Crippen LogP contribution in [0.15, 0.2) is 18.6 Å². The third-order valence-electron chi connectivity index (χ3n) is 2.08. The number of halogens is 4. The number of alkyl halides is 3. The number of nitrogens with zero attached hydrogens (tertiary/aromatic N) is 4. The molecule has 0 amide bonds. The monoisotopic (exact) mass is 292 g/mol. The molecule has 2 aromatic heterocycles. The highest BCUT2D eigenvalue weighted by atomic mass is 35.5. The first kappa shape index (κ1) is 13.3. The van der Waals surface area contributed by atoms with Gasteiger partial charge in [-0.2, -0.15) is 18.3 Å². The largest absolute Gasteiger partial charge is 0.478 e. The van der Waals surface area contributed by atoms with Crippen LogP contribution < -0.4 is 0 Å². The van der Waals surface area contributed by atoms with Crippen LogP contribution >= 0.6 is 11.6 Å². The second-order valence-electron chi connectivity index (χ2n) is 3.29. The van der Waals surface area contributed by atoms with Crippen LogP contribution in [0.1, 0.15) is 16.1 Å². The molecule has 0 aliphatic heterocycles. The van der Waals surface area contributed by atoms with Gasteiger partial charge in [0.25, 0.3) is 0 Å². The predicted molar refractivity (Wildman–Crippen MR) is 56.1 cm³/mol. The Bertz CT molecular complexity index is 626. The molecule has 0 saturated carbocycles. The summed E-state index contributed by atoms with van der Waals surface area (Å²) < 4.78 is 38.6. The lowest BCUT2D eigenvalue weighted by Gasteiger charge is -2.02. The average Bonchev–Trinajstić information content (AvgIpc) is 2.68. The summed E-state index contributed by atoms with van der Waals surface area (Å²) in [6.45, 7) is 0. The van der Waals surface area contributed by atoms with Gasteiger partial charge >= 0.3 is 12.1 Å². The zero-order valence-electron chi connectivity index (χ0n) is 8.89. The lowest BCUT2D eigenvalue weighted by molar-refractivity contribution is -0.141. The predicted octanol–water partition coefficient (Wildman–Crippen LogP) is 2.03. The Morgan fingerprint density at radius 1 is 1.37 bits per heavy atom. The fourth-order valence-corrected chi connectivity index (χ4v) is 1.63. The first-order valence-corrected chi connectivity index (χ1v) is 5.05. The van der Waals surface area contributed by atoms with Crippen LogP contribution in [0.5, 0.6) is 0 Å². The smallest absolute Gasteiger partial charge is 0.436 e. The van der Waals surface area contributed by atoms with E-state index in [-0.39, 0.29) is 5.82 Å². The van der Waals surface area contributed by atoms with Crippen LogP contribution in [0.3, 0.4) is 0 Å². The second kappa shape index (κ2) is 4.50. The van der Waals surface area contributed by atoms with Crippen molar-refractivity contribution in [3.63, 3.8) is 0 Å². The molecule has 2 aromatic rings. The van der Waals surface area contributed by atoms with Gasteiger partial charge in [-0.25, -0.2) is 14.5 Å². The molecule has 19 heavy (non-hydrogen) atoms. The van der Waals surface area contributed by atoms with Crippen LogP contribution in [0, 0.1) is 0 Å². The summed E-state index contributed by atoms with van der Waals surface area (Å²) in [6, 6.07) is 0. The summed E-state index contributed by atoms with van der Waals surface area (Å²) in [6.07, 6.45) is -1.33. The number of carboxylic acids is 1. The molecule has 0 atom stereocenters. The van der Waals surface area contributed by atoms with Crippen LogP contribution in [0.2, 0.25) is 5.15 Å². The maximum absolute atomic E-state index is 12.7. The molecule has 0 aromatic carbocycles. The maximum Gasteiger partial charge on any atom is 0.436 e. The van der Waals surface area contributed by atoms with Crippen molar-refractivity contribution in [3.05, 3.63) is 35.0 Å². The van der Waals surface area contributed by atoms with E-state index in [1.165, 1.54) is 12.4 Å². The molecule has 0 spiro atoms. The van der Waals surface area contributed by atoms with Gasteiger partial charge in [-0.05, 0) is 0 Å². The Kier molecular flexibility index (Phi) is 3.14. The fraction of sp³-hybridized carbons (Fsp3) is 0.111. The average molecular weight is 293 g/mol. The summed E-state index contributed by atoms with van der Waals surface area (Å²) in [7, 11) is 0. The molecule has 0 saturated heterocycles. The van der Waals surface area contributed by atoms with Crippen molar-refractivity contribution >= 4 is 17.6 Å². The Balaban J connectivity index is 2.70. The van der Waals surface area contributed by atoms with Crippen molar-refractivity contribution in [1.82, 2.24) is 19.7 Å². The molecular formula is C9H4ClF3N4O2. The summed E-state index contributed by atoms with van der Waals surface area (Å²) in [5.74, 6) is -1.95. The number of aromatic carboxylic acids is 1. The summed E-state index contributed by atoms with van der Waals surface area (Å²) in [5.41, 5.74) is -2.71. The highest BCUT2D eigenvalue weighted by Crippen LogP contribution is 2.35. The number of carbonyl (C=O) groups is 1. The van der Waals surface area contributed by atoms with Gasteiger partial charge in [0.15, 0.2) is 11.5 Å². The number of aromatic nitrogens is 4. The highest BCUT2D eigenvalue weighted by Gasteiger charge is 2.41. The summed E-state index contributed by atoms with van der Waals surface area (Å²) >= 11 is 5.62. The molecule has 100 valence electrons. The SMILES string of the molecule is O=C(O)c1c(C(F)(F)F)nn(-c2cnccn2)c1Cl. The van der Waals surface area contributed by atoms with E-state index in [4.69, 9.17) is 16.7 Å². The van der Waals surface area contributed by atoms with Crippen molar-refractivity contribution in [2.45, 2.75) is 6.18 Å². The quantitative estimate of drug-likeness (QED) is 0.916.